The largest absolute Gasteiger partial charge is 0.416 e. The molecule has 1 aromatic heterocycles. The molecular weight excluding hydrogens is 543 g/mol. The van der Waals surface area contributed by atoms with Gasteiger partial charge in [0.1, 0.15) is 5.76 Å². The van der Waals surface area contributed by atoms with Crippen molar-refractivity contribution in [3.05, 3.63) is 119 Å². The van der Waals surface area contributed by atoms with Gasteiger partial charge in [-0.15, -0.1) is 0 Å². The highest BCUT2D eigenvalue weighted by Crippen LogP contribution is 2.32. The Labute approximate surface area is 229 Å². The third kappa shape index (κ3) is 6.10. The van der Waals surface area contributed by atoms with E-state index in [0.29, 0.717) is 30.2 Å². The van der Waals surface area contributed by atoms with Crippen molar-refractivity contribution in [2.45, 2.75) is 42.9 Å². The summed E-state index contributed by atoms with van der Waals surface area (Å²) in [4.78, 5) is 13.0. The van der Waals surface area contributed by atoms with Crippen LogP contribution in [0.3, 0.4) is 0 Å². The van der Waals surface area contributed by atoms with Crippen molar-refractivity contribution in [1.82, 2.24) is 14.8 Å². The summed E-state index contributed by atoms with van der Waals surface area (Å²) in [5.41, 5.74) is 1.27. The van der Waals surface area contributed by atoms with E-state index in [2.05, 4.69) is 10.5 Å². The SMILES string of the molecule is O=C(NC(Cc1ccccc1)Cc1ccccc1)c1noc2c1CN(S(=O)(=O)c1cccc(C(F)(F)F)c1)CC2. The second-order valence-electron chi connectivity index (χ2n) is 9.60. The Kier molecular flexibility index (Phi) is 7.77. The molecule has 1 amide bonds. The number of rotatable bonds is 8. The molecule has 208 valence electrons. The number of sulfonamides is 1. The zero-order valence-corrected chi connectivity index (χ0v) is 22.1. The Hall–Kier alpha value is -3.96. The summed E-state index contributed by atoms with van der Waals surface area (Å²) >= 11 is 0. The highest BCUT2D eigenvalue weighted by molar-refractivity contribution is 7.89. The van der Waals surface area contributed by atoms with Gasteiger partial charge in [0.25, 0.3) is 5.91 Å². The lowest BCUT2D eigenvalue weighted by Crippen LogP contribution is -2.40. The molecule has 11 heteroatoms. The number of carbonyl (C=O) groups excluding carboxylic acids is 1. The van der Waals surface area contributed by atoms with Crippen molar-refractivity contribution >= 4 is 15.9 Å². The third-order valence-corrected chi connectivity index (χ3v) is 8.63. The number of benzene rings is 3. The van der Waals surface area contributed by atoms with E-state index >= 15 is 0 Å². The zero-order valence-electron chi connectivity index (χ0n) is 21.3. The molecule has 0 fully saturated rings. The van der Waals surface area contributed by atoms with Crippen LogP contribution < -0.4 is 5.32 Å². The maximum Gasteiger partial charge on any atom is 0.416 e. The highest BCUT2D eigenvalue weighted by Gasteiger charge is 2.36. The number of hydrogen-bond donors (Lipinski definition) is 1. The first kappa shape index (κ1) is 27.6. The maximum atomic E-state index is 13.4. The number of alkyl halides is 3. The summed E-state index contributed by atoms with van der Waals surface area (Å²) in [7, 11) is -4.28. The van der Waals surface area contributed by atoms with Crippen LogP contribution in [0.1, 0.15) is 38.5 Å². The number of fused-ring (bicyclic) bond motifs is 1. The summed E-state index contributed by atoms with van der Waals surface area (Å²) in [6.07, 6.45) is -3.45. The predicted octanol–water partition coefficient (Wildman–Crippen LogP) is 5.02. The molecule has 5 rings (SSSR count). The summed E-state index contributed by atoms with van der Waals surface area (Å²) in [6, 6.07) is 22.7. The van der Waals surface area contributed by atoms with Gasteiger partial charge in [-0.05, 0) is 42.2 Å². The van der Waals surface area contributed by atoms with Crippen molar-refractivity contribution in [2.75, 3.05) is 6.54 Å². The van der Waals surface area contributed by atoms with Crippen LogP contribution in [0, 0.1) is 0 Å². The van der Waals surface area contributed by atoms with Crippen LogP contribution in [0.4, 0.5) is 13.2 Å². The monoisotopic (exact) mass is 569 g/mol. The van der Waals surface area contributed by atoms with Gasteiger partial charge in [0, 0.05) is 31.1 Å². The molecule has 0 radical (unpaired) electrons. The van der Waals surface area contributed by atoms with E-state index < -0.39 is 32.6 Å². The number of halogens is 3. The topological polar surface area (TPSA) is 92.5 Å². The van der Waals surface area contributed by atoms with Gasteiger partial charge >= 0.3 is 6.18 Å². The van der Waals surface area contributed by atoms with E-state index in [-0.39, 0.29) is 31.2 Å². The fourth-order valence-electron chi connectivity index (χ4n) is 4.78. The fraction of sp³-hybridized carbons (Fsp3) is 0.241. The molecule has 0 atom stereocenters. The van der Waals surface area contributed by atoms with E-state index in [4.69, 9.17) is 4.52 Å². The van der Waals surface area contributed by atoms with Crippen LogP contribution in [0.25, 0.3) is 0 Å². The average Bonchev–Trinajstić information content (AvgIpc) is 3.37. The van der Waals surface area contributed by atoms with Gasteiger partial charge in [0.2, 0.25) is 10.0 Å². The van der Waals surface area contributed by atoms with Crippen LogP contribution in [0.2, 0.25) is 0 Å². The molecule has 1 aliphatic rings. The number of hydrogen-bond acceptors (Lipinski definition) is 5. The van der Waals surface area contributed by atoms with Crippen LogP contribution in [-0.2, 0) is 42.0 Å². The molecule has 0 aliphatic carbocycles. The molecule has 0 saturated heterocycles. The average molecular weight is 570 g/mol. The first-order valence-corrected chi connectivity index (χ1v) is 14.1. The molecule has 40 heavy (non-hydrogen) atoms. The van der Waals surface area contributed by atoms with E-state index in [1.165, 1.54) is 0 Å². The smallest absolute Gasteiger partial charge is 0.360 e. The zero-order chi connectivity index (χ0) is 28.3. The molecule has 0 spiro atoms. The lowest BCUT2D eigenvalue weighted by molar-refractivity contribution is -0.137. The minimum atomic E-state index is -4.68. The van der Waals surface area contributed by atoms with Gasteiger partial charge in [-0.2, -0.15) is 17.5 Å². The van der Waals surface area contributed by atoms with Crippen molar-refractivity contribution in [1.29, 1.82) is 0 Å². The molecule has 1 N–H and O–H groups in total. The molecule has 0 saturated carbocycles. The molecule has 0 bridgehead atoms. The van der Waals surface area contributed by atoms with Crippen molar-refractivity contribution in [2.24, 2.45) is 0 Å². The molecule has 7 nitrogen and oxygen atoms in total. The van der Waals surface area contributed by atoms with Crippen LogP contribution >= 0.6 is 0 Å². The molecule has 2 heterocycles. The van der Waals surface area contributed by atoms with Gasteiger partial charge < -0.3 is 9.84 Å². The van der Waals surface area contributed by atoms with Gasteiger partial charge in [0.15, 0.2) is 5.69 Å². The van der Waals surface area contributed by atoms with Crippen molar-refractivity contribution < 1.29 is 30.9 Å². The standard InChI is InChI=1S/C29H26F3N3O4S/c30-29(31,32)22-12-7-13-24(18-22)40(37,38)35-15-14-26-25(19-35)27(34-39-26)28(36)33-23(16-20-8-3-1-4-9-20)17-21-10-5-2-6-11-21/h1-13,18,23H,14-17,19H2,(H,33,36). The Bertz CT molecular complexity index is 1550. The maximum absolute atomic E-state index is 13.4. The first-order chi connectivity index (χ1) is 19.1. The molecular formula is C29H26F3N3O4S. The Balaban J connectivity index is 1.37. The second kappa shape index (κ2) is 11.3. The minimum absolute atomic E-state index is 0.0214. The second-order valence-corrected chi connectivity index (χ2v) is 11.5. The first-order valence-electron chi connectivity index (χ1n) is 12.6. The minimum Gasteiger partial charge on any atom is -0.360 e. The Morgan fingerprint density at radius 2 is 1.57 bits per heavy atom. The number of nitrogens with zero attached hydrogens (tertiary/aromatic N) is 2. The van der Waals surface area contributed by atoms with Crippen LogP contribution in [0.5, 0.6) is 0 Å². The van der Waals surface area contributed by atoms with Crippen molar-refractivity contribution in [3.63, 3.8) is 0 Å². The summed E-state index contributed by atoms with van der Waals surface area (Å²) in [5.74, 6) is -0.136. The Morgan fingerprint density at radius 3 is 2.17 bits per heavy atom. The predicted molar refractivity (Wildman–Crippen MR) is 141 cm³/mol. The third-order valence-electron chi connectivity index (χ3n) is 6.79. The number of nitrogens with one attached hydrogen (secondary N) is 1. The van der Waals surface area contributed by atoms with E-state index in [0.717, 1.165) is 33.6 Å². The van der Waals surface area contributed by atoms with Crippen LogP contribution in [0.15, 0.2) is 94.3 Å². The highest BCUT2D eigenvalue weighted by atomic mass is 32.2. The van der Waals surface area contributed by atoms with Gasteiger partial charge in [-0.25, -0.2) is 8.42 Å². The fourth-order valence-corrected chi connectivity index (χ4v) is 6.23. The molecule has 0 unspecified atom stereocenters. The van der Waals surface area contributed by atoms with Gasteiger partial charge in [-0.3, -0.25) is 4.79 Å². The van der Waals surface area contributed by atoms with E-state index in [1.54, 1.807) is 0 Å². The van der Waals surface area contributed by atoms with Gasteiger partial charge in [0.05, 0.1) is 10.5 Å². The molecule has 1 aliphatic heterocycles. The Morgan fingerprint density at radius 1 is 0.950 bits per heavy atom. The van der Waals surface area contributed by atoms with Crippen molar-refractivity contribution in [3.8, 4) is 0 Å². The van der Waals surface area contributed by atoms with Crippen LogP contribution in [-0.4, -0.2) is 36.4 Å². The number of aromatic nitrogens is 1. The lowest BCUT2D eigenvalue weighted by atomic mass is 9.98. The lowest BCUT2D eigenvalue weighted by Gasteiger charge is -2.26. The molecule has 3 aromatic carbocycles. The summed E-state index contributed by atoms with van der Waals surface area (Å²) in [6.45, 7) is -0.269. The van der Waals surface area contributed by atoms with E-state index in [1.807, 2.05) is 60.7 Å². The quantitative estimate of drug-likeness (QED) is 0.322. The normalized spacial score (nSPS) is 14.2. The molecule has 4 aromatic rings. The van der Waals surface area contributed by atoms with Gasteiger partial charge in [-0.1, -0.05) is 71.9 Å². The summed E-state index contributed by atoms with van der Waals surface area (Å²) < 4.78 is 72.6. The summed E-state index contributed by atoms with van der Waals surface area (Å²) in [5, 5.41) is 6.96. The number of amides is 1. The van der Waals surface area contributed by atoms with E-state index in [9.17, 15) is 26.4 Å². The number of carbonyl (C=O) groups is 1.